The number of hydrogen-bond acceptors (Lipinski definition) is 5. The van der Waals surface area contributed by atoms with Crippen molar-refractivity contribution in [2.24, 2.45) is 0 Å². The van der Waals surface area contributed by atoms with Gasteiger partial charge in [0, 0.05) is 37.1 Å². The number of likely N-dealkylation sites (tertiary alicyclic amines) is 1. The summed E-state index contributed by atoms with van der Waals surface area (Å²) in [6, 6.07) is 0.707. The van der Waals surface area contributed by atoms with Crippen molar-refractivity contribution in [3.8, 4) is 0 Å². The molecule has 124 valence electrons. The predicted octanol–water partition coefficient (Wildman–Crippen LogP) is 2.70. The summed E-state index contributed by atoms with van der Waals surface area (Å²) in [5.41, 5.74) is 1.32. The molecule has 0 bridgehead atoms. The van der Waals surface area contributed by atoms with Crippen molar-refractivity contribution in [1.29, 1.82) is 0 Å². The maximum atomic E-state index is 5.48. The lowest BCUT2D eigenvalue weighted by molar-refractivity contribution is 0.0154. The van der Waals surface area contributed by atoms with Crippen molar-refractivity contribution in [1.82, 2.24) is 14.8 Å². The number of aromatic nitrogens is 1. The number of aryl methyl sites for hydroxylation is 2. The van der Waals surface area contributed by atoms with Crippen LogP contribution in [0.15, 0.2) is 0 Å². The van der Waals surface area contributed by atoms with Crippen molar-refractivity contribution in [2.45, 2.75) is 52.1 Å². The van der Waals surface area contributed by atoms with Crippen molar-refractivity contribution in [2.75, 3.05) is 39.4 Å². The molecule has 0 radical (unpaired) electrons. The molecule has 0 spiro atoms. The van der Waals surface area contributed by atoms with Gasteiger partial charge in [-0.15, -0.1) is 11.3 Å². The van der Waals surface area contributed by atoms with Crippen LogP contribution in [0.25, 0.3) is 0 Å². The topological polar surface area (TPSA) is 28.6 Å². The minimum absolute atomic E-state index is 0.707. The number of piperidine rings is 1. The molecule has 0 aromatic carbocycles. The van der Waals surface area contributed by atoms with Crippen LogP contribution in [-0.4, -0.2) is 60.2 Å². The van der Waals surface area contributed by atoms with Gasteiger partial charge in [0.1, 0.15) is 0 Å². The van der Waals surface area contributed by atoms with Gasteiger partial charge in [-0.1, -0.05) is 13.3 Å². The summed E-state index contributed by atoms with van der Waals surface area (Å²) in [7, 11) is 0. The molecule has 2 aliphatic heterocycles. The van der Waals surface area contributed by atoms with Gasteiger partial charge in [-0.05, 0) is 32.7 Å². The zero-order valence-corrected chi connectivity index (χ0v) is 14.8. The molecule has 0 amide bonds. The van der Waals surface area contributed by atoms with E-state index in [4.69, 9.17) is 9.72 Å². The van der Waals surface area contributed by atoms with E-state index in [1.165, 1.54) is 47.9 Å². The normalized spacial score (nSPS) is 24.7. The van der Waals surface area contributed by atoms with Crippen LogP contribution in [0.1, 0.15) is 41.8 Å². The van der Waals surface area contributed by atoms with Crippen molar-refractivity contribution < 1.29 is 4.74 Å². The fourth-order valence-electron chi connectivity index (χ4n) is 3.65. The summed E-state index contributed by atoms with van der Waals surface area (Å²) < 4.78 is 5.48. The second-order valence-corrected chi connectivity index (χ2v) is 7.78. The molecule has 1 aromatic heterocycles. The fourth-order valence-corrected chi connectivity index (χ4v) is 4.70. The van der Waals surface area contributed by atoms with Crippen LogP contribution < -0.4 is 0 Å². The predicted molar refractivity (Wildman–Crippen MR) is 91.5 cm³/mol. The van der Waals surface area contributed by atoms with Crippen LogP contribution in [0.5, 0.6) is 0 Å². The van der Waals surface area contributed by atoms with Gasteiger partial charge in [-0.2, -0.15) is 0 Å². The Hall–Kier alpha value is -0.490. The van der Waals surface area contributed by atoms with Crippen molar-refractivity contribution >= 4 is 11.3 Å². The molecule has 0 N–H and O–H groups in total. The van der Waals surface area contributed by atoms with Gasteiger partial charge in [-0.3, -0.25) is 9.80 Å². The van der Waals surface area contributed by atoms with E-state index in [1.807, 2.05) is 11.3 Å². The van der Waals surface area contributed by atoms with E-state index in [-0.39, 0.29) is 0 Å². The number of morpholine rings is 1. The lowest BCUT2D eigenvalue weighted by Crippen LogP contribution is -2.49. The molecule has 2 fully saturated rings. The van der Waals surface area contributed by atoms with Gasteiger partial charge < -0.3 is 4.74 Å². The minimum Gasteiger partial charge on any atom is -0.379 e. The Bertz CT molecular complexity index is 470. The first-order valence-corrected chi connectivity index (χ1v) is 9.57. The molecule has 0 unspecified atom stereocenters. The lowest BCUT2D eigenvalue weighted by Gasteiger charge is -2.39. The summed E-state index contributed by atoms with van der Waals surface area (Å²) in [5.74, 6) is 0. The maximum Gasteiger partial charge on any atom is 0.0900 e. The van der Waals surface area contributed by atoms with E-state index in [0.29, 0.717) is 6.04 Å². The number of thiazole rings is 1. The number of hydrogen-bond donors (Lipinski definition) is 0. The molecule has 3 heterocycles. The molecule has 2 saturated heterocycles. The summed E-state index contributed by atoms with van der Waals surface area (Å²) in [5, 5.41) is 1.22. The van der Waals surface area contributed by atoms with Gasteiger partial charge in [0.25, 0.3) is 0 Å². The number of nitrogens with zero attached hydrogens (tertiary/aromatic N) is 3. The Labute approximate surface area is 138 Å². The van der Waals surface area contributed by atoms with Crippen LogP contribution in [0.4, 0.5) is 0 Å². The van der Waals surface area contributed by atoms with Crippen molar-refractivity contribution in [3.63, 3.8) is 0 Å². The van der Waals surface area contributed by atoms with Crippen LogP contribution in [0, 0.1) is 6.92 Å². The third kappa shape index (κ3) is 4.07. The molecule has 4 nitrogen and oxygen atoms in total. The molecular formula is C17H29N3OS. The Balaban J connectivity index is 1.63. The Morgan fingerprint density at radius 1 is 1.23 bits per heavy atom. The lowest BCUT2D eigenvalue weighted by atomic mass is 10.0. The highest BCUT2D eigenvalue weighted by Gasteiger charge is 2.26. The van der Waals surface area contributed by atoms with Gasteiger partial charge in [0.2, 0.25) is 0 Å². The number of ether oxygens (including phenoxy) is 1. The zero-order valence-electron chi connectivity index (χ0n) is 14.0. The molecule has 0 aliphatic carbocycles. The average Bonchev–Trinajstić information content (AvgIpc) is 2.90. The quantitative estimate of drug-likeness (QED) is 0.833. The fraction of sp³-hybridized carbons (Fsp3) is 0.824. The summed E-state index contributed by atoms with van der Waals surface area (Å²) in [4.78, 5) is 11.5. The molecule has 1 atom stereocenters. The van der Waals surface area contributed by atoms with Crippen molar-refractivity contribution in [3.05, 3.63) is 15.6 Å². The molecular weight excluding hydrogens is 294 g/mol. The third-order valence-electron chi connectivity index (χ3n) is 4.89. The SMILES string of the molecule is CCc1nc(C)sc1CN1CCCC[C@@H]1CN1CCOCC1. The van der Waals surface area contributed by atoms with E-state index in [1.54, 1.807) is 0 Å². The Morgan fingerprint density at radius 3 is 2.82 bits per heavy atom. The first-order valence-electron chi connectivity index (χ1n) is 8.75. The van der Waals surface area contributed by atoms with Gasteiger partial charge in [0.15, 0.2) is 0 Å². The van der Waals surface area contributed by atoms with Gasteiger partial charge in [0.05, 0.1) is 23.9 Å². The first-order chi connectivity index (χ1) is 10.8. The molecule has 3 rings (SSSR count). The van der Waals surface area contributed by atoms with E-state index in [9.17, 15) is 0 Å². The third-order valence-corrected chi connectivity index (χ3v) is 5.89. The monoisotopic (exact) mass is 323 g/mol. The number of rotatable bonds is 5. The Kier molecular flexibility index (Phi) is 5.85. The zero-order chi connectivity index (χ0) is 15.4. The van der Waals surface area contributed by atoms with E-state index in [2.05, 4.69) is 23.6 Å². The minimum atomic E-state index is 0.707. The van der Waals surface area contributed by atoms with E-state index < -0.39 is 0 Å². The van der Waals surface area contributed by atoms with Gasteiger partial charge in [-0.25, -0.2) is 4.98 Å². The Morgan fingerprint density at radius 2 is 2.05 bits per heavy atom. The molecule has 0 saturated carbocycles. The molecule has 5 heteroatoms. The second-order valence-electron chi connectivity index (χ2n) is 6.49. The van der Waals surface area contributed by atoms with E-state index in [0.717, 1.165) is 39.3 Å². The van der Waals surface area contributed by atoms with Crippen LogP contribution >= 0.6 is 11.3 Å². The first kappa shape index (κ1) is 16.4. The van der Waals surface area contributed by atoms with Crippen LogP contribution in [0.2, 0.25) is 0 Å². The van der Waals surface area contributed by atoms with Gasteiger partial charge >= 0.3 is 0 Å². The average molecular weight is 324 g/mol. The molecule has 2 aliphatic rings. The molecule has 22 heavy (non-hydrogen) atoms. The van der Waals surface area contributed by atoms with E-state index >= 15 is 0 Å². The largest absolute Gasteiger partial charge is 0.379 e. The summed E-state index contributed by atoms with van der Waals surface area (Å²) >= 11 is 1.89. The maximum absolute atomic E-state index is 5.48. The highest BCUT2D eigenvalue weighted by atomic mass is 32.1. The second kappa shape index (κ2) is 7.86. The van der Waals surface area contributed by atoms with Crippen LogP contribution in [0.3, 0.4) is 0 Å². The highest BCUT2D eigenvalue weighted by molar-refractivity contribution is 7.11. The summed E-state index contributed by atoms with van der Waals surface area (Å²) in [6.45, 7) is 11.9. The highest BCUT2D eigenvalue weighted by Crippen LogP contribution is 2.25. The molecule has 1 aromatic rings. The smallest absolute Gasteiger partial charge is 0.0900 e. The van der Waals surface area contributed by atoms with Crippen LogP contribution in [-0.2, 0) is 17.7 Å². The summed E-state index contributed by atoms with van der Waals surface area (Å²) in [6.07, 6.45) is 5.13. The standard InChI is InChI=1S/C17H29N3OS/c1-3-16-17(22-14(2)18-16)13-20-7-5-4-6-15(20)12-19-8-10-21-11-9-19/h15H,3-13H2,1-2H3/t15-/m1/s1.